The van der Waals surface area contributed by atoms with Gasteiger partial charge >= 0.3 is 24.2 Å². The third-order valence-corrected chi connectivity index (χ3v) is 11.1. The second kappa shape index (κ2) is 16.6. The molecule has 0 aromatic heterocycles. The Morgan fingerprint density at radius 1 is 1.02 bits per heavy atom. The van der Waals surface area contributed by atoms with Crippen molar-refractivity contribution in [3.05, 3.63) is 107 Å². The van der Waals surface area contributed by atoms with Gasteiger partial charge in [-0.2, -0.15) is 13.2 Å². The molecule has 0 aliphatic carbocycles. The van der Waals surface area contributed by atoms with E-state index in [1.165, 1.54) is 6.08 Å². The maximum atomic E-state index is 14.9. The van der Waals surface area contributed by atoms with Crippen molar-refractivity contribution in [2.75, 3.05) is 32.0 Å². The molecular weight excluding hydrogens is 754 g/mol. The van der Waals surface area contributed by atoms with Gasteiger partial charge in [0.15, 0.2) is 6.10 Å². The van der Waals surface area contributed by atoms with E-state index in [1.54, 1.807) is 81.4 Å². The van der Waals surface area contributed by atoms with Crippen LogP contribution in [0.5, 0.6) is 0 Å². The number of carbonyl (C=O) groups is 5. The number of nitrogens with one attached hydrogen (secondary N) is 3. The minimum atomic E-state index is -4.74. The number of hydrogen-bond acceptors (Lipinski definition) is 10. The first-order valence-corrected chi connectivity index (χ1v) is 19.2. The van der Waals surface area contributed by atoms with E-state index < -0.39 is 83.4 Å². The largest absolute Gasteiger partial charge is 0.461 e. The van der Waals surface area contributed by atoms with E-state index >= 15 is 0 Å². The maximum absolute atomic E-state index is 14.9. The van der Waals surface area contributed by atoms with Gasteiger partial charge in [-0.05, 0) is 56.0 Å². The molecule has 0 spiro atoms. The average Bonchev–Trinajstić information content (AvgIpc) is 3.83. The van der Waals surface area contributed by atoms with E-state index in [0.717, 1.165) is 16.7 Å². The number of alkyl carbamates (subject to hydrolysis) is 1. The molecule has 2 aromatic rings. The van der Waals surface area contributed by atoms with Gasteiger partial charge < -0.3 is 30.2 Å². The molecule has 3 saturated heterocycles. The Bertz CT molecular complexity index is 1890. The minimum Gasteiger partial charge on any atom is -0.461 e. The first-order valence-electron chi connectivity index (χ1n) is 18.2. The minimum absolute atomic E-state index is 0.00296. The molecule has 3 amide bonds. The van der Waals surface area contributed by atoms with Crippen LogP contribution < -0.4 is 16.0 Å². The lowest BCUT2D eigenvalue weighted by Crippen LogP contribution is -2.71. The van der Waals surface area contributed by atoms with E-state index in [0.29, 0.717) is 11.1 Å². The molecule has 2 aromatic carbocycles. The van der Waals surface area contributed by atoms with Crippen LogP contribution in [0, 0.1) is 17.8 Å². The summed E-state index contributed by atoms with van der Waals surface area (Å²) in [7, 11) is 0. The molecule has 5 atom stereocenters. The Morgan fingerprint density at radius 3 is 2.21 bits per heavy atom. The number of nitrogens with zero attached hydrogens (tertiary/aromatic N) is 1. The number of β-lactam (4-membered cyclic amide) rings is 1. The number of carbonyl (C=O) groups excluding carboxylic acids is 5. The lowest BCUT2D eigenvalue weighted by molar-refractivity contribution is -0.185. The van der Waals surface area contributed by atoms with Crippen molar-refractivity contribution in [1.29, 1.82) is 0 Å². The number of rotatable bonds is 11. The standard InChI is InChI=1S/C40H43F3N4O8S/c1-5-18-53-36(50)29(25-19-44-20-27(25)40(41,42)43)28(24-16-17-45-33(24)48)26-21-56-35-30(46-38(52)55-39(2,3)4)34(49)47(35)31(26)37(51)54-32(22-12-8-6-9-13-22)23-14-10-7-11-15-23/h5-15,25,27,29-30,32,35,44H,1,16-21H2,2-4H3,(H,45,48)(H,46,52)/t25-,27+,29?,30-,35-/m1/s1. The highest BCUT2D eigenvalue weighted by molar-refractivity contribution is 8.00. The Labute approximate surface area is 326 Å². The summed E-state index contributed by atoms with van der Waals surface area (Å²) in [4.78, 5) is 70.6. The maximum Gasteiger partial charge on any atom is 0.408 e. The van der Waals surface area contributed by atoms with Gasteiger partial charge in [0.25, 0.3) is 5.91 Å². The average molecular weight is 797 g/mol. The highest BCUT2D eigenvalue weighted by atomic mass is 32.2. The lowest BCUT2D eigenvalue weighted by atomic mass is 9.74. The highest BCUT2D eigenvalue weighted by Crippen LogP contribution is 2.49. The van der Waals surface area contributed by atoms with Crippen LogP contribution in [-0.4, -0.2) is 89.9 Å². The zero-order valence-electron chi connectivity index (χ0n) is 31.0. The Balaban J connectivity index is 1.53. The van der Waals surface area contributed by atoms with Crippen molar-refractivity contribution in [2.24, 2.45) is 17.8 Å². The normalized spacial score (nSPS) is 23.8. The quantitative estimate of drug-likeness (QED) is 0.0938. The predicted molar refractivity (Wildman–Crippen MR) is 199 cm³/mol. The van der Waals surface area contributed by atoms with Crippen LogP contribution in [0.1, 0.15) is 44.4 Å². The SMILES string of the molecule is C=CCOC(=O)C(C(=C1CCNC1=O)C1=C(C(=O)OC(c2ccccc2)c2ccccc2)N2C(=O)[C@@H](NC(=O)OC(C)(C)C)[C@H]2SC1)[C@@H]1CNC[C@@H]1C(F)(F)F. The number of amides is 3. The molecular formula is C40H43F3N4O8S. The molecule has 1 unspecified atom stereocenters. The molecule has 298 valence electrons. The molecule has 4 aliphatic rings. The summed E-state index contributed by atoms with van der Waals surface area (Å²) in [5, 5.41) is 7.12. The molecule has 12 nitrogen and oxygen atoms in total. The van der Waals surface area contributed by atoms with Gasteiger partial charge in [0, 0.05) is 30.3 Å². The van der Waals surface area contributed by atoms with Gasteiger partial charge in [-0.1, -0.05) is 73.3 Å². The Kier molecular flexibility index (Phi) is 12.0. The summed E-state index contributed by atoms with van der Waals surface area (Å²) >= 11 is 1.11. The molecule has 16 heteroatoms. The first-order chi connectivity index (χ1) is 26.6. The van der Waals surface area contributed by atoms with E-state index in [9.17, 15) is 37.1 Å². The Morgan fingerprint density at radius 2 is 1.66 bits per heavy atom. The molecule has 3 N–H and O–H groups in total. The van der Waals surface area contributed by atoms with Crippen LogP contribution in [0.2, 0.25) is 0 Å². The van der Waals surface area contributed by atoms with Crippen molar-refractivity contribution >= 4 is 41.6 Å². The molecule has 56 heavy (non-hydrogen) atoms. The van der Waals surface area contributed by atoms with Crippen LogP contribution in [-0.2, 0) is 33.4 Å². The fourth-order valence-electron chi connectivity index (χ4n) is 7.48. The fraction of sp³-hybridized carbons (Fsp3) is 0.425. The van der Waals surface area contributed by atoms with Crippen molar-refractivity contribution in [3.63, 3.8) is 0 Å². The van der Waals surface area contributed by atoms with Crippen molar-refractivity contribution in [2.45, 2.75) is 56.5 Å². The van der Waals surface area contributed by atoms with Gasteiger partial charge in [-0.3, -0.25) is 19.3 Å². The third-order valence-electron chi connectivity index (χ3n) is 9.87. The van der Waals surface area contributed by atoms with Crippen LogP contribution in [0.3, 0.4) is 0 Å². The summed E-state index contributed by atoms with van der Waals surface area (Å²) in [6, 6.07) is 16.5. The van der Waals surface area contributed by atoms with Crippen molar-refractivity contribution in [1.82, 2.24) is 20.9 Å². The number of fused-ring (bicyclic) bond motifs is 1. The number of benzene rings is 2. The number of thioether (sulfide) groups is 1. The molecule has 3 fully saturated rings. The fourth-order valence-corrected chi connectivity index (χ4v) is 8.84. The molecule has 0 saturated carbocycles. The number of hydrogen-bond donors (Lipinski definition) is 3. The summed E-state index contributed by atoms with van der Waals surface area (Å²) in [5.41, 5.74) is -0.209. The van der Waals surface area contributed by atoms with Gasteiger partial charge in [-0.15, -0.1) is 11.8 Å². The van der Waals surface area contributed by atoms with Gasteiger partial charge in [0.05, 0.1) is 11.8 Å². The van der Waals surface area contributed by atoms with Crippen LogP contribution in [0.25, 0.3) is 0 Å². The van der Waals surface area contributed by atoms with Gasteiger partial charge in [0.2, 0.25) is 5.91 Å². The van der Waals surface area contributed by atoms with E-state index in [2.05, 4.69) is 22.5 Å². The molecule has 6 rings (SSSR count). The smallest absolute Gasteiger partial charge is 0.408 e. The van der Waals surface area contributed by atoms with Crippen LogP contribution in [0.4, 0.5) is 18.0 Å². The second-order valence-corrected chi connectivity index (χ2v) is 15.8. The number of ether oxygens (including phenoxy) is 3. The van der Waals surface area contributed by atoms with Gasteiger partial charge in [0.1, 0.15) is 29.3 Å². The van der Waals surface area contributed by atoms with E-state index in [-0.39, 0.29) is 54.3 Å². The Hall–Kier alpha value is -5.09. The second-order valence-electron chi connectivity index (χ2n) is 14.7. The summed E-state index contributed by atoms with van der Waals surface area (Å²) < 4.78 is 61.0. The number of halogens is 3. The number of alkyl halides is 3. The third kappa shape index (κ3) is 8.50. The predicted octanol–water partition coefficient (Wildman–Crippen LogP) is 4.94. The molecule has 4 aliphatic heterocycles. The molecule has 4 heterocycles. The highest BCUT2D eigenvalue weighted by Gasteiger charge is 2.58. The summed E-state index contributed by atoms with van der Waals surface area (Å²) in [6.07, 6.45) is -5.33. The molecule has 0 radical (unpaired) electrons. The monoisotopic (exact) mass is 796 g/mol. The van der Waals surface area contributed by atoms with E-state index in [1.807, 2.05) is 0 Å². The molecule has 0 bridgehead atoms. The topological polar surface area (TPSA) is 152 Å². The van der Waals surface area contributed by atoms with Crippen LogP contribution >= 0.6 is 11.8 Å². The van der Waals surface area contributed by atoms with Crippen molar-refractivity contribution in [3.8, 4) is 0 Å². The van der Waals surface area contributed by atoms with E-state index in [4.69, 9.17) is 14.2 Å². The summed E-state index contributed by atoms with van der Waals surface area (Å²) in [6.45, 7) is 7.58. The lowest BCUT2D eigenvalue weighted by Gasteiger charge is -2.50. The zero-order valence-corrected chi connectivity index (χ0v) is 31.8. The summed E-state index contributed by atoms with van der Waals surface area (Å²) in [5.74, 6) is -8.75. The zero-order chi connectivity index (χ0) is 40.4. The van der Waals surface area contributed by atoms with Crippen LogP contribution in [0.15, 0.2) is 95.7 Å². The first kappa shape index (κ1) is 40.6. The van der Waals surface area contributed by atoms with Gasteiger partial charge in [-0.25, -0.2) is 9.59 Å². The number of esters is 2. The van der Waals surface area contributed by atoms with Crippen molar-refractivity contribution < 1.29 is 51.4 Å².